The molecule has 0 saturated heterocycles. The number of amides is 1. The van der Waals surface area contributed by atoms with E-state index in [1.807, 2.05) is 13.8 Å². The molecule has 0 spiro atoms. The van der Waals surface area contributed by atoms with Gasteiger partial charge < -0.3 is 5.11 Å². The molecule has 0 bridgehead atoms. The van der Waals surface area contributed by atoms with Crippen LogP contribution in [0.15, 0.2) is 0 Å². The number of carbonyl (C=O) groups excluding carboxylic acids is 1. The molecule has 8 unspecified atom stereocenters. The van der Waals surface area contributed by atoms with Crippen molar-refractivity contribution in [2.75, 3.05) is 14.2 Å². The normalized spacial score (nSPS) is 46.9. The van der Waals surface area contributed by atoms with Crippen molar-refractivity contribution in [1.82, 2.24) is 5.06 Å². The molecule has 180 valence electrons. The lowest BCUT2D eigenvalue weighted by Crippen LogP contribution is -2.57. The maximum atomic E-state index is 13.1. The van der Waals surface area contributed by atoms with Crippen LogP contribution >= 0.6 is 0 Å². The largest absolute Gasteiger partial charge is 0.390 e. The zero-order valence-corrected chi connectivity index (χ0v) is 21.4. The number of hydrogen-bond acceptors (Lipinski definition) is 3. The molecule has 0 aromatic heterocycles. The Kier molecular flexibility index (Phi) is 7.53. The van der Waals surface area contributed by atoms with Gasteiger partial charge in [0.1, 0.15) is 0 Å². The third kappa shape index (κ3) is 4.33. The average Bonchev–Trinajstić information content (AvgIpc) is 2.87. The summed E-state index contributed by atoms with van der Waals surface area (Å²) in [4.78, 5) is 18.4. The highest BCUT2D eigenvalue weighted by molar-refractivity contribution is 5.78. The van der Waals surface area contributed by atoms with Crippen LogP contribution in [0.4, 0.5) is 0 Å². The van der Waals surface area contributed by atoms with Crippen molar-refractivity contribution in [2.45, 2.75) is 111 Å². The van der Waals surface area contributed by atoms with Gasteiger partial charge in [-0.15, -0.1) is 0 Å². The minimum absolute atomic E-state index is 0.104. The molecule has 4 nitrogen and oxygen atoms in total. The molecule has 4 heteroatoms. The smallest absolute Gasteiger partial charge is 0.249 e. The second-order valence-electron chi connectivity index (χ2n) is 11.8. The summed E-state index contributed by atoms with van der Waals surface area (Å²) in [5.74, 6) is 3.13. The van der Waals surface area contributed by atoms with E-state index in [4.69, 9.17) is 4.84 Å². The Balaban J connectivity index is 0.00000132. The van der Waals surface area contributed by atoms with Crippen LogP contribution < -0.4 is 0 Å². The van der Waals surface area contributed by atoms with Gasteiger partial charge in [-0.3, -0.25) is 9.63 Å². The van der Waals surface area contributed by atoms with Gasteiger partial charge in [0.25, 0.3) is 0 Å². The first-order valence-electron chi connectivity index (χ1n) is 13.2. The summed E-state index contributed by atoms with van der Waals surface area (Å²) >= 11 is 0. The van der Waals surface area contributed by atoms with Crippen molar-refractivity contribution in [3.63, 3.8) is 0 Å². The Hall–Kier alpha value is -0.610. The SMILES string of the molecule is CC.CON(C)C(=O)C1CCCC2C3CCC4CC(C)(O)CCCC4(C)C3CCC12C. The molecule has 4 fully saturated rings. The van der Waals surface area contributed by atoms with E-state index in [1.165, 1.54) is 50.0 Å². The third-order valence-corrected chi connectivity index (χ3v) is 10.3. The van der Waals surface area contributed by atoms with Gasteiger partial charge in [0.2, 0.25) is 5.91 Å². The molecule has 0 aromatic rings. The first kappa shape index (κ1) is 25.0. The minimum Gasteiger partial charge on any atom is -0.390 e. The molecule has 4 saturated carbocycles. The quantitative estimate of drug-likeness (QED) is 0.524. The van der Waals surface area contributed by atoms with Crippen LogP contribution in [0.3, 0.4) is 0 Å². The van der Waals surface area contributed by atoms with Crippen LogP contribution in [0.5, 0.6) is 0 Å². The molecule has 4 rings (SSSR count). The second kappa shape index (κ2) is 9.33. The number of hydrogen-bond donors (Lipinski definition) is 1. The van der Waals surface area contributed by atoms with Crippen molar-refractivity contribution in [1.29, 1.82) is 0 Å². The molecule has 0 heterocycles. The lowest BCUT2D eigenvalue weighted by atomic mass is 9.42. The molecule has 31 heavy (non-hydrogen) atoms. The summed E-state index contributed by atoms with van der Waals surface area (Å²) in [7, 11) is 3.37. The Morgan fingerprint density at radius 3 is 2.26 bits per heavy atom. The summed E-state index contributed by atoms with van der Waals surface area (Å²) in [6.45, 7) is 11.0. The summed E-state index contributed by atoms with van der Waals surface area (Å²) in [5, 5.41) is 12.3. The highest BCUT2D eigenvalue weighted by Crippen LogP contribution is 2.66. The van der Waals surface area contributed by atoms with E-state index in [1.54, 1.807) is 14.2 Å². The average molecular weight is 436 g/mol. The summed E-state index contributed by atoms with van der Waals surface area (Å²) in [5.41, 5.74) is -0.000739. The lowest BCUT2D eigenvalue weighted by Gasteiger charge is -2.62. The number of carbonyl (C=O) groups is 1. The standard InChI is InChI=1S/C25H43NO3.C2H6/c1-23(28)13-7-14-24(2)17(16-23)10-11-18-19-8-6-9-21(22(27)26(4)29-5)25(19,3)15-12-20(18)24;1-2/h17-21,28H,6-16H2,1-5H3;1-2H3. The Labute approximate surface area is 191 Å². The van der Waals surface area contributed by atoms with Gasteiger partial charge in [0.05, 0.1) is 12.7 Å². The Morgan fingerprint density at radius 2 is 1.58 bits per heavy atom. The predicted octanol–water partition coefficient (Wildman–Crippen LogP) is 6.22. The monoisotopic (exact) mass is 435 g/mol. The van der Waals surface area contributed by atoms with Crippen LogP contribution in [0.2, 0.25) is 0 Å². The van der Waals surface area contributed by atoms with Crippen molar-refractivity contribution in [3.8, 4) is 0 Å². The van der Waals surface area contributed by atoms with Gasteiger partial charge >= 0.3 is 0 Å². The fraction of sp³-hybridized carbons (Fsp3) is 0.963. The minimum atomic E-state index is -0.481. The summed E-state index contributed by atoms with van der Waals surface area (Å²) in [6.07, 6.45) is 12.8. The van der Waals surface area contributed by atoms with E-state index in [2.05, 4.69) is 20.8 Å². The molecule has 0 radical (unpaired) electrons. The fourth-order valence-corrected chi connectivity index (χ4v) is 8.65. The van der Waals surface area contributed by atoms with Crippen LogP contribution in [-0.2, 0) is 9.63 Å². The summed E-state index contributed by atoms with van der Waals surface area (Å²) < 4.78 is 0. The van der Waals surface area contributed by atoms with Gasteiger partial charge in [-0.1, -0.05) is 40.5 Å². The zero-order chi connectivity index (χ0) is 23.0. The van der Waals surface area contributed by atoms with E-state index in [0.29, 0.717) is 17.3 Å². The Morgan fingerprint density at radius 1 is 0.903 bits per heavy atom. The van der Waals surface area contributed by atoms with Crippen molar-refractivity contribution in [2.24, 2.45) is 40.4 Å². The van der Waals surface area contributed by atoms with E-state index in [-0.39, 0.29) is 17.2 Å². The highest BCUT2D eigenvalue weighted by Gasteiger charge is 2.60. The van der Waals surface area contributed by atoms with Crippen molar-refractivity contribution in [3.05, 3.63) is 0 Å². The number of aliphatic hydroxyl groups is 1. The van der Waals surface area contributed by atoms with Crippen molar-refractivity contribution >= 4 is 5.91 Å². The number of fused-ring (bicyclic) bond motifs is 5. The van der Waals surface area contributed by atoms with Crippen LogP contribution in [0.1, 0.15) is 105 Å². The number of hydroxylamine groups is 2. The molecule has 4 aliphatic rings. The van der Waals surface area contributed by atoms with E-state index < -0.39 is 5.60 Å². The van der Waals surface area contributed by atoms with E-state index >= 15 is 0 Å². The predicted molar refractivity (Wildman–Crippen MR) is 126 cm³/mol. The lowest BCUT2D eigenvalue weighted by molar-refractivity contribution is -0.191. The van der Waals surface area contributed by atoms with Crippen molar-refractivity contribution < 1.29 is 14.7 Å². The molecular formula is C27H49NO3. The molecule has 4 aliphatic carbocycles. The first-order chi connectivity index (χ1) is 14.6. The molecule has 8 atom stereocenters. The first-order valence-corrected chi connectivity index (χ1v) is 13.2. The van der Waals surface area contributed by atoms with E-state index in [0.717, 1.165) is 37.5 Å². The maximum Gasteiger partial charge on any atom is 0.249 e. The second-order valence-corrected chi connectivity index (χ2v) is 11.8. The zero-order valence-electron chi connectivity index (χ0n) is 21.4. The van der Waals surface area contributed by atoms with Crippen LogP contribution in [0.25, 0.3) is 0 Å². The van der Waals surface area contributed by atoms with Gasteiger partial charge in [-0.2, -0.15) is 0 Å². The Bertz CT molecular complexity index is 634. The van der Waals surface area contributed by atoms with Gasteiger partial charge in [0, 0.05) is 13.0 Å². The molecule has 0 aliphatic heterocycles. The maximum absolute atomic E-state index is 13.1. The molecule has 1 N–H and O–H groups in total. The summed E-state index contributed by atoms with van der Waals surface area (Å²) in [6, 6.07) is 0. The molecule has 0 aromatic carbocycles. The number of nitrogens with zero attached hydrogens (tertiary/aromatic N) is 1. The van der Waals surface area contributed by atoms with Gasteiger partial charge in [-0.25, -0.2) is 5.06 Å². The van der Waals surface area contributed by atoms with Crippen LogP contribution in [0, 0.1) is 40.4 Å². The highest BCUT2D eigenvalue weighted by atomic mass is 16.7. The molecule has 1 amide bonds. The van der Waals surface area contributed by atoms with Crippen LogP contribution in [-0.4, -0.2) is 35.8 Å². The fourth-order valence-electron chi connectivity index (χ4n) is 8.65. The topological polar surface area (TPSA) is 49.8 Å². The van der Waals surface area contributed by atoms with Gasteiger partial charge in [-0.05, 0) is 99.2 Å². The van der Waals surface area contributed by atoms with Gasteiger partial charge in [0.15, 0.2) is 0 Å². The molecular weight excluding hydrogens is 386 g/mol. The van der Waals surface area contributed by atoms with E-state index in [9.17, 15) is 9.90 Å². The third-order valence-electron chi connectivity index (χ3n) is 10.3. The number of rotatable bonds is 2.